The Kier molecular flexibility index (Phi) is 9.13. The van der Waals surface area contributed by atoms with E-state index in [0.717, 1.165) is 6.20 Å². The number of carboxylic acid groups (broad SMARTS) is 2. The zero-order valence-corrected chi connectivity index (χ0v) is 19.4. The predicted molar refractivity (Wildman–Crippen MR) is 113 cm³/mol. The summed E-state index contributed by atoms with van der Waals surface area (Å²) in [5.41, 5.74) is 0.894. The summed E-state index contributed by atoms with van der Waals surface area (Å²) in [6.45, 7) is -1.35. The molecule has 3 rings (SSSR count). The van der Waals surface area contributed by atoms with Gasteiger partial charge >= 0.3 is 24.3 Å². The van der Waals surface area contributed by atoms with Crippen molar-refractivity contribution in [3.05, 3.63) is 42.6 Å². The van der Waals surface area contributed by atoms with Crippen molar-refractivity contribution in [2.24, 2.45) is 0 Å². The largest absolute Gasteiger partial charge is 0.490 e. The number of carboxylic acids is 2. The SMILES string of the molecule is O=C(O)C(F)(F)F.O=C(O)C1(S(=O)(=O)c2ccc(-c3ccc(OCC(F)(F)F)cc3)nc2)CCOCC1. The lowest BCUT2D eigenvalue weighted by Crippen LogP contribution is -2.50. The minimum absolute atomic E-state index is 0.0261. The van der Waals surface area contributed by atoms with Gasteiger partial charge in [0.1, 0.15) is 5.75 Å². The number of aromatic nitrogens is 1. The van der Waals surface area contributed by atoms with Crippen molar-refractivity contribution < 1.29 is 64.0 Å². The number of nitrogens with zero attached hydrogens (tertiary/aromatic N) is 1. The highest BCUT2D eigenvalue weighted by molar-refractivity contribution is 7.93. The average molecular weight is 559 g/mol. The molecule has 0 atom stereocenters. The molecule has 2 aromatic rings. The van der Waals surface area contributed by atoms with Gasteiger partial charge in [0, 0.05) is 37.8 Å². The maximum Gasteiger partial charge on any atom is 0.490 e. The van der Waals surface area contributed by atoms with Crippen LogP contribution in [0.2, 0.25) is 0 Å². The number of aliphatic carboxylic acids is 2. The fourth-order valence-electron chi connectivity index (χ4n) is 3.12. The molecule has 16 heteroatoms. The number of hydrogen-bond donors (Lipinski definition) is 2. The van der Waals surface area contributed by atoms with Crippen LogP contribution in [-0.4, -0.2) is 72.5 Å². The Bertz CT molecular complexity index is 1190. The number of pyridine rings is 1. The Morgan fingerprint density at radius 3 is 1.92 bits per heavy atom. The Labute approximate surface area is 205 Å². The van der Waals surface area contributed by atoms with E-state index < -0.39 is 45.5 Å². The van der Waals surface area contributed by atoms with E-state index in [1.165, 1.54) is 36.4 Å². The molecule has 0 saturated carbocycles. The van der Waals surface area contributed by atoms with Crippen molar-refractivity contribution in [2.45, 2.75) is 34.8 Å². The van der Waals surface area contributed by atoms with E-state index >= 15 is 0 Å². The first-order valence-electron chi connectivity index (χ1n) is 10.1. The molecule has 1 aromatic carbocycles. The zero-order valence-electron chi connectivity index (χ0n) is 18.5. The summed E-state index contributed by atoms with van der Waals surface area (Å²) in [5, 5.41) is 16.7. The lowest BCUT2D eigenvalue weighted by Gasteiger charge is -2.32. The van der Waals surface area contributed by atoms with Gasteiger partial charge in [-0.3, -0.25) is 9.78 Å². The Morgan fingerprint density at radius 2 is 1.51 bits per heavy atom. The quantitative estimate of drug-likeness (QED) is 0.507. The standard InChI is InChI=1S/C19H18F3NO6S.C2HF3O2/c20-19(21,22)12-29-14-3-1-13(2-4-14)16-6-5-15(11-23-16)30(26,27)18(17(24)25)7-9-28-10-8-18;3-2(4,5)1(6)7/h1-6,11H,7-10,12H2,(H,24,25);(H,6,7). The minimum atomic E-state index is -5.08. The van der Waals surface area contributed by atoms with E-state index in [0.29, 0.717) is 11.3 Å². The van der Waals surface area contributed by atoms with Gasteiger partial charge in [0.25, 0.3) is 0 Å². The van der Waals surface area contributed by atoms with Crippen LogP contribution in [0.25, 0.3) is 11.3 Å². The number of ether oxygens (including phenoxy) is 2. The van der Waals surface area contributed by atoms with Crippen molar-refractivity contribution in [1.29, 1.82) is 0 Å². The lowest BCUT2D eigenvalue weighted by molar-refractivity contribution is -0.192. The first kappa shape index (κ1) is 29.8. The smallest absolute Gasteiger partial charge is 0.484 e. The molecule has 9 nitrogen and oxygen atoms in total. The zero-order chi connectivity index (χ0) is 28.1. The normalized spacial score (nSPS) is 15.7. The van der Waals surface area contributed by atoms with Crippen LogP contribution in [0.3, 0.4) is 0 Å². The molecule has 0 spiro atoms. The molecule has 204 valence electrons. The van der Waals surface area contributed by atoms with Crippen LogP contribution < -0.4 is 4.74 Å². The molecule has 1 saturated heterocycles. The number of alkyl halides is 6. The highest BCUT2D eigenvalue weighted by atomic mass is 32.2. The van der Waals surface area contributed by atoms with E-state index in [-0.39, 0.29) is 36.7 Å². The monoisotopic (exact) mass is 559 g/mol. The van der Waals surface area contributed by atoms with E-state index in [4.69, 9.17) is 14.6 Å². The van der Waals surface area contributed by atoms with Gasteiger partial charge in [0.15, 0.2) is 21.2 Å². The van der Waals surface area contributed by atoms with E-state index in [1.54, 1.807) is 0 Å². The highest BCUT2D eigenvalue weighted by Gasteiger charge is 2.52. The maximum atomic E-state index is 13.0. The molecule has 0 amide bonds. The van der Waals surface area contributed by atoms with E-state index in [9.17, 15) is 44.7 Å². The Morgan fingerprint density at radius 1 is 0.973 bits per heavy atom. The minimum Gasteiger partial charge on any atom is -0.484 e. The topological polar surface area (TPSA) is 140 Å². The fourth-order valence-corrected chi connectivity index (χ4v) is 4.95. The summed E-state index contributed by atoms with van der Waals surface area (Å²) in [6.07, 6.45) is -8.77. The lowest BCUT2D eigenvalue weighted by atomic mass is 9.99. The van der Waals surface area contributed by atoms with Crippen molar-refractivity contribution in [3.8, 4) is 17.0 Å². The van der Waals surface area contributed by atoms with Crippen LogP contribution >= 0.6 is 0 Å². The maximum absolute atomic E-state index is 13.0. The van der Waals surface area contributed by atoms with Crippen molar-refractivity contribution in [2.75, 3.05) is 19.8 Å². The van der Waals surface area contributed by atoms with Crippen molar-refractivity contribution >= 4 is 21.8 Å². The molecule has 0 radical (unpaired) electrons. The summed E-state index contributed by atoms with van der Waals surface area (Å²) in [5.74, 6) is -4.16. The van der Waals surface area contributed by atoms with Gasteiger partial charge in [-0.15, -0.1) is 0 Å². The van der Waals surface area contributed by atoms with Crippen molar-refractivity contribution in [1.82, 2.24) is 4.98 Å². The van der Waals surface area contributed by atoms with Gasteiger partial charge in [-0.05, 0) is 36.4 Å². The van der Waals surface area contributed by atoms with E-state index in [2.05, 4.69) is 9.72 Å². The third kappa shape index (κ3) is 7.55. The molecular weight excluding hydrogens is 540 g/mol. The van der Waals surface area contributed by atoms with Crippen LogP contribution in [0.15, 0.2) is 47.5 Å². The van der Waals surface area contributed by atoms with Crippen LogP contribution in [0.5, 0.6) is 5.75 Å². The number of rotatable bonds is 6. The summed E-state index contributed by atoms with van der Waals surface area (Å²) in [7, 11) is -4.22. The second-order valence-electron chi connectivity index (χ2n) is 7.53. The van der Waals surface area contributed by atoms with Gasteiger partial charge in [0.05, 0.1) is 10.6 Å². The number of hydrogen-bond acceptors (Lipinski definition) is 7. The first-order chi connectivity index (χ1) is 17.0. The molecular formula is C21H19F6NO8S. The van der Waals surface area contributed by atoms with Crippen LogP contribution in [0.4, 0.5) is 26.3 Å². The fraction of sp³-hybridized carbons (Fsp3) is 0.381. The second kappa shape index (κ2) is 11.3. The van der Waals surface area contributed by atoms with Crippen LogP contribution in [-0.2, 0) is 24.2 Å². The average Bonchev–Trinajstić information content (AvgIpc) is 2.83. The molecule has 1 fully saturated rings. The van der Waals surface area contributed by atoms with Gasteiger partial charge in [-0.2, -0.15) is 26.3 Å². The van der Waals surface area contributed by atoms with Gasteiger partial charge in [0.2, 0.25) is 0 Å². The summed E-state index contributed by atoms with van der Waals surface area (Å²) in [4.78, 5) is 24.6. The summed E-state index contributed by atoms with van der Waals surface area (Å²) < 4.78 is 102. The third-order valence-electron chi connectivity index (χ3n) is 5.05. The number of carbonyl (C=O) groups is 2. The van der Waals surface area contributed by atoms with Gasteiger partial charge in [-0.1, -0.05) is 0 Å². The molecule has 0 unspecified atom stereocenters. The highest BCUT2D eigenvalue weighted by Crippen LogP contribution is 2.35. The van der Waals surface area contributed by atoms with Crippen LogP contribution in [0, 0.1) is 0 Å². The van der Waals surface area contributed by atoms with Gasteiger partial charge in [-0.25, -0.2) is 13.2 Å². The number of benzene rings is 1. The molecule has 37 heavy (non-hydrogen) atoms. The third-order valence-corrected chi connectivity index (χ3v) is 7.52. The predicted octanol–water partition coefficient (Wildman–Crippen LogP) is 3.73. The summed E-state index contributed by atoms with van der Waals surface area (Å²) in [6, 6.07) is 8.34. The molecule has 1 aromatic heterocycles. The molecule has 1 aliphatic rings. The van der Waals surface area contributed by atoms with Crippen molar-refractivity contribution in [3.63, 3.8) is 0 Å². The Balaban J connectivity index is 0.000000604. The summed E-state index contributed by atoms with van der Waals surface area (Å²) >= 11 is 0. The second-order valence-corrected chi connectivity index (χ2v) is 9.79. The molecule has 2 heterocycles. The number of sulfone groups is 1. The van der Waals surface area contributed by atoms with Crippen LogP contribution in [0.1, 0.15) is 12.8 Å². The molecule has 0 bridgehead atoms. The molecule has 1 aliphatic heterocycles. The van der Waals surface area contributed by atoms with Gasteiger partial charge < -0.3 is 19.7 Å². The van der Waals surface area contributed by atoms with E-state index in [1.807, 2.05) is 0 Å². The molecule has 2 N–H and O–H groups in total. The first-order valence-corrected chi connectivity index (χ1v) is 11.6. The molecule has 0 aliphatic carbocycles. The Hall–Kier alpha value is -3.40. The number of halogens is 6.